The third-order valence-electron chi connectivity index (χ3n) is 3.07. The van der Waals surface area contributed by atoms with Crippen LogP contribution >= 0.6 is 0 Å². The molecule has 3 rings (SSSR count). The van der Waals surface area contributed by atoms with Crippen molar-refractivity contribution < 1.29 is 0 Å². The molecule has 1 unspecified atom stereocenters. The quantitative estimate of drug-likeness (QED) is 0.558. The number of allylic oxidation sites excluding steroid dienone is 4. The molecule has 0 bridgehead atoms. The summed E-state index contributed by atoms with van der Waals surface area (Å²) in [6.45, 7) is 0. The molecule has 2 aliphatic rings. The Hall–Kier alpha value is -1.30. The zero-order valence-electron chi connectivity index (χ0n) is 7.53. The molecule has 2 aliphatic carbocycles. The summed E-state index contributed by atoms with van der Waals surface area (Å²) in [7, 11) is 0. The largest absolute Gasteiger partial charge is 0.0839 e. The fraction of sp³-hybridized carbons (Fsp3) is 0.231. The Labute approximate surface area is 78.6 Å². The molecule has 0 N–H and O–H groups in total. The van der Waals surface area contributed by atoms with E-state index < -0.39 is 0 Å². The van der Waals surface area contributed by atoms with Gasteiger partial charge in [-0.3, -0.25) is 0 Å². The minimum Gasteiger partial charge on any atom is -0.0839 e. The molecule has 0 nitrogen and oxygen atoms in total. The Balaban J connectivity index is 2.18. The van der Waals surface area contributed by atoms with Gasteiger partial charge < -0.3 is 0 Å². The van der Waals surface area contributed by atoms with E-state index in [-0.39, 0.29) is 0 Å². The van der Waals surface area contributed by atoms with Gasteiger partial charge in [0.05, 0.1) is 0 Å². The van der Waals surface area contributed by atoms with E-state index in [1.54, 1.807) is 5.57 Å². The van der Waals surface area contributed by atoms with Crippen molar-refractivity contribution in [3.05, 3.63) is 53.6 Å². The molecule has 0 fully saturated rings. The standard InChI is InChI=1S/C13H12/c1-3-7-12-10(5-1)9-11-6-2-4-8-13(11)12/h1-5,7-8,11H,6,9H2. The molecular formula is C13H12. The molecule has 1 aromatic carbocycles. The van der Waals surface area contributed by atoms with E-state index in [9.17, 15) is 0 Å². The predicted octanol–water partition coefficient (Wildman–Crippen LogP) is 3.20. The van der Waals surface area contributed by atoms with Crippen molar-refractivity contribution in [3.63, 3.8) is 0 Å². The van der Waals surface area contributed by atoms with Gasteiger partial charge in [0.25, 0.3) is 0 Å². The van der Waals surface area contributed by atoms with Crippen LogP contribution in [0.15, 0.2) is 42.5 Å². The fourth-order valence-electron chi connectivity index (χ4n) is 2.43. The number of fused-ring (bicyclic) bond motifs is 3. The molecule has 0 amide bonds. The summed E-state index contributed by atoms with van der Waals surface area (Å²) < 4.78 is 0. The first kappa shape index (κ1) is 7.14. The van der Waals surface area contributed by atoms with Gasteiger partial charge in [0.15, 0.2) is 0 Å². The van der Waals surface area contributed by atoms with Crippen molar-refractivity contribution in [2.75, 3.05) is 0 Å². The lowest BCUT2D eigenvalue weighted by molar-refractivity contribution is 0.702. The Bertz CT molecular complexity index is 396. The van der Waals surface area contributed by atoms with E-state index in [0.29, 0.717) is 0 Å². The van der Waals surface area contributed by atoms with Crippen LogP contribution in [0.5, 0.6) is 0 Å². The van der Waals surface area contributed by atoms with E-state index in [1.165, 1.54) is 24.0 Å². The minimum absolute atomic E-state index is 0.766. The second-order valence-corrected chi connectivity index (χ2v) is 3.84. The summed E-state index contributed by atoms with van der Waals surface area (Å²) in [6.07, 6.45) is 9.21. The molecule has 0 saturated carbocycles. The maximum absolute atomic E-state index is 2.28. The highest BCUT2D eigenvalue weighted by molar-refractivity contribution is 5.76. The molecule has 0 saturated heterocycles. The first-order valence-corrected chi connectivity index (χ1v) is 4.90. The Morgan fingerprint density at radius 2 is 2.08 bits per heavy atom. The maximum Gasteiger partial charge on any atom is -0.00806 e. The van der Waals surface area contributed by atoms with Crippen molar-refractivity contribution in [1.82, 2.24) is 0 Å². The summed E-state index contributed by atoms with van der Waals surface area (Å²) >= 11 is 0. The highest BCUT2D eigenvalue weighted by Gasteiger charge is 2.25. The molecular weight excluding hydrogens is 156 g/mol. The van der Waals surface area contributed by atoms with Crippen molar-refractivity contribution >= 4 is 5.57 Å². The zero-order valence-corrected chi connectivity index (χ0v) is 7.53. The topological polar surface area (TPSA) is 0 Å². The van der Waals surface area contributed by atoms with E-state index in [1.807, 2.05) is 0 Å². The molecule has 0 heteroatoms. The van der Waals surface area contributed by atoms with Crippen molar-refractivity contribution in [3.8, 4) is 0 Å². The van der Waals surface area contributed by atoms with Crippen molar-refractivity contribution in [2.24, 2.45) is 5.92 Å². The van der Waals surface area contributed by atoms with Gasteiger partial charge in [-0.1, -0.05) is 42.5 Å². The van der Waals surface area contributed by atoms with Gasteiger partial charge >= 0.3 is 0 Å². The average Bonchev–Trinajstić information content (AvgIpc) is 2.56. The van der Waals surface area contributed by atoms with Gasteiger partial charge in [-0.25, -0.2) is 0 Å². The van der Waals surface area contributed by atoms with Crippen LogP contribution in [0.4, 0.5) is 0 Å². The van der Waals surface area contributed by atoms with Crippen LogP contribution < -0.4 is 0 Å². The van der Waals surface area contributed by atoms with Crippen molar-refractivity contribution in [1.29, 1.82) is 0 Å². The number of benzene rings is 1. The van der Waals surface area contributed by atoms with E-state index in [4.69, 9.17) is 0 Å². The van der Waals surface area contributed by atoms with Crippen LogP contribution in [0.3, 0.4) is 0 Å². The van der Waals surface area contributed by atoms with E-state index in [2.05, 4.69) is 42.5 Å². The van der Waals surface area contributed by atoms with Crippen LogP contribution in [0, 0.1) is 5.92 Å². The molecule has 0 radical (unpaired) electrons. The molecule has 0 aromatic heterocycles. The lowest BCUT2D eigenvalue weighted by Gasteiger charge is -2.12. The van der Waals surface area contributed by atoms with Crippen LogP contribution in [-0.4, -0.2) is 0 Å². The summed E-state index contributed by atoms with van der Waals surface area (Å²) in [5.74, 6) is 0.766. The lowest BCUT2D eigenvalue weighted by Crippen LogP contribution is -1.98. The van der Waals surface area contributed by atoms with Gasteiger partial charge in [-0.05, 0) is 35.5 Å². The summed E-state index contributed by atoms with van der Waals surface area (Å²) in [6, 6.07) is 8.79. The molecule has 64 valence electrons. The van der Waals surface area contributed by atoms with E-state index in [0.717, 1.165) is 5.92 Å². The normalized spacial score (nSPS) is 23.7. The monoisotopic (exact) mass is 168 g/mol. The average molecular weight is 168 g/mol. The summed E-state index contributed by atoms with van der Waals surface area (Å²) in [5.41, 5.74) is 4.57. The maximum atomic E-state index is 2.28. The SMILES string of the molecule is C1=CCC2Cc3ccccc3C2=C1. The smallest absolute Gasteiger partial charge is 0.00806 e. The molecule has 0 heterocycles. The molecule has 1 aromatic rings. The fourth-order valence-corrected chi connectivity index (χ4v) is 2.43. The highest BCUT2D eigenvalue weighted by atomic mass is 14.3. The lowest BCUT2D eigenvalue weighted by atomic mass is 9.92. The summed E-state index contributed by atoms with van der Waals surface area (Å²) in [4.78, 5) is 0. The predicted molar refractivity (Wildman–Crippen MR) is 55.4 cm³/mol. The third-order valence-corrected chi connectivity index (χ3v) is 3.07. The number of hydrogen-bond donors (Lipinski definition) is 0. The second-order valence-electron chi connectivity index (χ2n) is 3.84. The van der Waals surface area contributed by atoms with Crippen LogP contribution in [0.1, 0.15) is 17.5 Å². The zero-order chi connectivity index (χ0) is 8.67. The highest BCUT2D eigenvalue weighted by Crippen LogP contribution is 2.40. The Morgan fingerprint density at radius 1 is 1.15 bits per heavy atom. The van der Waals surface area contributed by atoms with Gasteiger partial charge in [-0.2, -0.15) is 0 Å². The molecule has 1 atom stereocenters. The number of rotatable bonds is 0. The third kappa shape index (κ3) is 0.983. The van der Waals surface area contributed by atoms with Gasteiger partial charge in [0, 0.05) is 0 Å². The Morgan fingerprint density at radius 3 is 3.08 bits per heavy atom. The first-order chi connectivity index (χ1) is 6.45. The van der Waals surface area contributed by atoms with Crippen molar-refractivity contribution in [2.45, 2.75) is 12.8 Å². The first-order valence-electron chi connectivity index (χ1n) is 4.90. The van der Waals surface area contributed by atoms with Gasteiger partial charge in [0.2, 0.25) is 0 Å². The van der Waals surface area contributed by atoms with Crippen LogP contribution in [-0.2, 0) is 6.42 Å². The van der Waals surface area contributed by atoms with E-state index >= 15 is 0 Å². The molecule has 13 heavy (non-hydrogen) atoms. The second kappa shape index (κ2) is 2.59. The Kier molecular flexibility index (Phi) is 1.42. The van der Waals surface area contributed by atoms with Crippen LogP contribution in [0.2, 0.25) is 0 Å². The van der Waals surface area contributed by atoms with Gasteiger partial charge in [-0.15, -0.1) is 0 Å². The summed E-state index contributed by atoms with van der Waals surface area (Å²) in [5, 5.41) is 0. The minimum atomic E-state index is 0.766. The van der Waals surface area contributed by atoms with Gasteiger partial charge in [0.1, 0.15) is 0 Å². The molecule has 0 spiro atoms. The number of hydrogen-bond acceptors (Lipinski definition) is 0. The van der Waals surface area contributed by atoms with Crippen LogP contribution in [0.25, 0.3) is 5.57 Å². The molecule has 0 aliphatic heterocycles.